The number of likely N-dealkylation sites (N-methyl/N-ethyl adjacent to an activating group) is 1. The van der Waals surface area contributed by atoms with Crippen molar-refractivity contribution in [2.75, 3.05) is 14.1 Å². The molecule has 0 fully saturated rings. The molecule has 0 aliphatic heterocycles. The lowest BCUT2D eigenvalue weighted by molar-refractivity contribution is 0.530. The van der Waals surface area contributed by atoms with E-state index in [0.29, 0.717) is 0 Å². The number of pyridine rings is 1. The molecule has 0 spiro atoms. The minimum atomic E-state index is -0.261. The van der Waals surface area contributed by atoms with Crippen LogP contribution in [0.15, 0.2) is 91.4 Å². The van der Waals surface area contributed by atoms with Crippen LogP contribution in [0.2, 0.25) is 0 Å². The van der Waals surface area contributed by atoms with Gasteiger partial charge in [-0.25, -0.2) is 4.39 Å². The SMILES string of the molecule is C=C/C(=C\C(=C/C)c1ccc2[nH]nc(-c3cc4c(-c5ccc(F)cc5)cncc4[nH]3)c2c1)N(C)C. The molecule has 35 heavy (non-hydrogen) atoms. The molecule has 0 amide bonds. The molecule has 3 heterocycles. The molecule has 0 saturated heterocycles. The number of nitrogens with one attached hydrogen (secondary N) is 2. The normalized spacial score (nSPS) is 12.5. The molecule has 3 aromatic heterocycles. The predicted molar refractivity (Wildman–Crippen MR) is 142 cm³/mol. The molecule has 0 bridgehead atoms. The van der Waals surface area contributed by atoms with Crippen molar-refractivity contribution in [3.63, 3.8) is 0 Å². The molecule has 0 aliphatic rings. The summed E-state index contributed by atoms with van der Waals surface area (Å²) in [6.45, 7) is 5.96. The van der Waals surface area contributed by atoms with Crippen molar-refractivity contribution >= 4 is 27.4 Å². The second-order valence-corrected chi connectivity index (χ2v) is 8.58. The van der Waals surface area contributed by atoms with Crippen molar-refractivity contribution in [2.45, 2.75) is 6.92 Å². The van der Waals surface area contributed by atoms with E-state index in [1.165, 1.54) is 12.1 Å². The van der Waals surface area contributed by atoms with Crippen molar-refractivity contribution in [2.24, 2.45) is 0 Å². The van der Waals surface area contributed by atoms with Crippen LogP contribution in [0.4, 0.5) is 4.39 Å². The predicted octanol–water partition coefficient (Wildman–Crippen LogP) is 6.95. The first-order valence-corrected chi connectivity index (χ1v) is 11.4. The maximum absolute atomic E-state index is 13.5. The van der Waals surface area contributed by atoms with Crippen LogP contribution in [0.3, 0.4) is 0 Å². The highest BCUT2D eigenvalue weighted by atomic mass is 19.1. The molecule has 6 heteroatoms. The summed E-state index contributed by atoms with van der Waals surface area (Å²) in [5, 5.41) is 9.80. The number of hydrogen-bond donors (Lipinski definition) is 2. The number of fused-ring (bicyclic) bond motifs is 2. The standard InChI is InChI=1S/C29H26FN5/c1-5-18(13-22(6-2)35(3)4)20-9-12-26-24(14-20)29(34-33-26)27-15-23-25(16-31-17-28(23)32-27)19-7-10-21(30)11-8-19/h5-17,32H,2H2,1,3-4H3,(H,33,34)/b18-5+,22-13+. The van der Waals surface area contributed by atoms with Gasteiger partial charge in [0, 0.05) is 42.3 Å². The van der Waals surface area contributed by atoms with Crippen LogP contribution < -0.4 is 0 Å². The van der Waals surface area contributed by atoms with Crippen LogP contribution in [0.5, 0.6) is 0 Å². The molecule has 0 aliphatic carbocycles. The van der Waals surface area contributed by atoms with Gasteiger partial charge in [-0.2, -0.15) is 5.10 Å². The Hall–Kier alpha value is -4.45. The summed E-state index contributed by atoms with van der Waals surface area (Å²) in [6, 6.07) is 14.8. The lowest BCUT2D eigenvalue weighted by Gasteiger charge is -2.14. The first-order valence-electron chi connectivity index (χ1n) is 11.4. The van der Waals surface area contributed by atoms with Gasteiger partial charge in [0.05, 0.1) is 22.9 Å². The molecule has 0 atom stereocenters. The van der Waals surface area contributed by atoms with Crippen molar-refractivity contribution in [1.29, 1.82) is 0 Å². The molecule has 5 nitrogen and oxygen atoms in total. The minimum absolute atomic E-state index is 0.261. The second-order valence-electron chi connectivity index (χ2n) is 8.58. The first kappa shape index (κ1) is 22.3. The van der Waals surface area contributed by atoms with Crippen molar-refractivity contribution in [1.82, 2.24) is 25.1 Å². The van der Waals surface area contributed by atoms with E-state index in [-0.39, 0.29) is 5.82 Å². The number of H-pyrrole nitrogens is 2. The fourth-order valence-electron chi connectivity index (χ4n) is 4.30. The summed E-state index contributed by atoms with van der Waals surface area (Å²) in [7, 11) is 4.01. The van der Waals surface area contributed by atoms with Gasteiger partial charge in [0.15, 0.2) is 0 Å². The number of allylic oxidation sites excluding steroid dienone is 4. The molecule has 5 rings (SSSR count). The number of rotatable bonds is 6. The Morgan fingerprint density at radius 2 is 1.80 bits per heavy atom. The van der Waals surface area contributed by atoms with Gasteiger partial charge in [0.1, 0.15) is 11.5 Å². The second kappa shape index (κ2) is 9.06. The fourth-order valence-corrected chi connectivity index (χ4v) is 4.30. The van der Waals surface area contributed by atoms with Gasteiger partial charge >= 0.3 is 0 Å². The van der Waals surface area contributed by atoms with E-state index in [1.807, 2.05) is 32.0 Å². The molecule has 5 aromatic rings. The van der Waals surface area contributed by atoms with E-state index in [1.54, 1.807) is 24.5 Å². The van der Waals surface area contributed by atoms with E-state index >= 15 is 0 Å². The monoisotopic (exact) mass is 463 g/mol. The Morgan fingerprint density at radius 3 is 2.51 bits per heavy atom. The Morgan fingerprint density at radius 1 is 1.00 bits per heavy atom. The van der Waals surface area contributed by atoms with Crippen LogP contribution in [-0.2, 0) is 0 Å². The number of halogens is 1. The first-order chi connectivity index (χ1) is 17.0. The topological polar surface area (TPSA) is 60.6 Å². The third kappa shape index (κ3) is 4.15. The highest BCUT2D eigenvalue weighted by Crippen LogP contribution is 2.34. The quantitative estimate of drug-likeness (QED) is 0.268. The van der Waals surface area contributed by atoms with E-state index in [9.17, 15) is 4.39 Å². The largest absolute Gasteiger partial charge is 0.378 e. The molecular weight excluding hydrogens is 437 g/mol. The van der Waals surface area contributed by atoms with Crippen LogP contribution in [0.25, 0.3) is 49.9 Å². The lowest BCUT2D eigenvalue weighted by Crippen LogP contribution is -2.09. The zero-order valence-corrected chi connectivity index (χ0v) is 19.9. The Balaban J connectivity index is 1.61. The summed E-state index contributed by atoms with van der Waals surface area (Å²) in [4.78, 5) is 9.89. The van der Waals surface area contributed by atoms with E-state index in [0.717, 1.165) is 61.2 Å². The molecule has 0 radical (unpaired) electrons. The molecule has 0 saturated carbocycles. The van der Waals surface area contributed by atoms with Crippen molar-refractivity contribution in [3.05, 3.63) is 103 Å². The average Bonchev–Trinajstić information content (AvgIpc) is 3.48. The number of nitrogens with zero attached hydrogens (tertiary/aromatic N) is 3. The number of benzene rings is 2. The van der Waals surface area contributed by atoms with Crippen LogP contribution >= 0.6 is 0 Å². The van der Waals surface area contributed by atoms with E-state index in [4.69, 9.17) is 0 Å². The van der Waals surface area contributed by atoms with Gasteiger partial charge in [0.25, 0.3) is 0 Å². The Labute approximate surface area is 203 Å². The Bertz CT molecular complexity index is 1600. The van der Waals surface area contributed by atoms with Gasteiger partial charge in [-0.15, -0.1) is 0 Å². The summed E-state index contributed by atoms with van der Waals surface area (Å²) in [5.74, 6) is -0.261. The third-order valence-electron chi connectivity index (χ3n) is 6.19. The zero-order chi connectivity index (χ0) is 24.5. The fraction of sp³-hybridized carbons (Fsp3) is 0.103. The van der Waals surface area contributed by atoms with Gasteiger partial charge in [-0.05, 0) is 66.1 Å². The van der Waals surface area contributed by atoms with Gasteiger partial charge in [0.2, 0.25) is 0 Å². The maximum Gasteiger partial charge on any atom is 0.123 e. The number of aromatic amines is 2. The third-order valence-corrected chi connectivity index (χ3v) is 6.19. The van der Waals surface area contributed by atoms with Gasteiger partial charge in [-0.3, -0.25) is 10.1 Å². The van der Waals surface area contributed by atoms with E-state index in [2.05, 4.69) is 63.2 Å². The van der Waals surface area contributed by atoms with Crippen LogP contribution in [-0.4, -0.2) is 39.2 Å². The maximum atomic E-state index is 13.5. The number of aromatic nitrogens is 4. The van der Waals surface area contributed by atoms with Crippen LogP contribution in [0, 0.1) is 5.82 Å². The summed E-state index contributed by atoms with van der Waals surface area (Å²) < 4.78 is 13.5. The van der Waals surface area contributed by atoms with Gasteiger partial charge < -0.3 is 9.88 Å². The molecular formula is C29H26FN5. The summed E-state index contributed by atoms with van der Waals surface area (Å²) in [6.07, 6.45) is 9.67. The van der Waals surface area contributed by atoms with Crippen LogP contribution in [0.1, 0.15) is 12.5 Å². The zero-order valence-electron chi connectivity index (χ0n) is 19.9. The summed E-state index contributed by atoms with van der Waals surface area (Å²) >= 11 is 0. The van der Waals surface area contributed by atoms with Gasteiger partial charge in [-0.1, -0.05) is 30.9 Å². The molecule has 2 aromatic carbocycles. The van der Waals surface area contributed by atoms with Crippen molar-refractivity contribution < 1.29 is 4.39 Å². The number of hydrogen-bond acceptors (Lipinski definition) is 3. The highest BCUT2D eigenvalue weighted by Gasteiger charge is 2.15. The molecule has 0 unspecified atom stereocenters. The smallest absolute Gasteiger partial charge is 0.123 e. The van der Waals surface area contributed by atoms with E-state index < -0.39 is 0 Å². The minimum Gasteiger partial charge on any atom is -0.378 e. The molecule has 2 N–H and O–H groups in total. The molecule has 174 valence electrons. The summed E-state index contributed by atoms with van der Waals surface area (Å²) in [5.41, 5.74) is 8.64. The lowest BCUT2D eigenvalue weighted by atomic mass is 10.0. The Kier molecular flexibility index (Phi) is 5.79. The average molecular weight is 464 g/mol. The highest BCUT2D eigenvalue weighted by molar-refractivity contribution is 6.01. The van der Waals surface area contributed by atoms with Crippen molar-refractivity contribution in [3.8, 4) is 22.5 Å².